The summed E-state index contributed by atoms with van der Waals surface area (Å²) in [5, 5.41) is 0. The Hall–Kier alpha value is -1.31. The highest BCUT2D eigenvalue weighted by Crippen LogP contribution is 2.50. The van der Waals surface area contributed by atoms with E-state index in [1.165, 1.54) is 24.0 Å². The van der Waals surface area contributed by atoms with Gasteiger partial charge in [0.05, 0.1) is 12.7 Å². The lowest BCUT2D eigenvalue weighted by Gasteiger charge is -2.25. The molecule has 18 heavy (non-hydrogen) atoms. The van der Waals surface area contributed by atoms with Crippen LogP contribution in [0.4, 0.5) is 0 Å². The molecule has 1 fully saturated rings. The molecule has 2 heteroatoms. The van der Waals surface area contributed by atoms with Gasteiger partial charge in [0.25, 0.3) is 0 Å². The third-order valence-electron chi connectivity index (χ3n) is 4.64. The van der Waals surface area contributed by atoms with Crippen LogP contribution < -0.4 is 4.74 Å². The van der Waals surface area contributed by atoms with Crippen molar-refractivity contribution in [3.63, 3.8) is 0 Å². The summed E-state index contributed by atoms with van der Waals surface area (Å²) >= 11 is 0. The van der Waals surface area contributed by atoms with Crippen LogP contribution in [0.3, 0.4) is 0 Å². The maximum Gasteiger partial charge on any atom is 0.170 e. The molecule has 0 radical (unpaired) electrons. The molecule has 0 saturated heterocycles. The number of carbonyl (C=O) groups is 1. The van der Waals surface area contributed by atoms with Crippen molar-refractivity contribution in [3.8, 4) is 5.75 Å². The number of ether oxygens (including phenoxy) is 1. The largest absolute Gasteiger partial charge is 0.496 e. The molecule has 3 rings (SSSR count). The molecule has 2 atom stereocenters. The number of ketones is 1. The summed E-state index contributed by atoms with van der Waals surface area (Å²) in [6.07, 6.45) is 4.67. The summed E-state index contributed by atoms with van der Waals surface area (Å²) in [6, 6.07) is 2.17. The zero-order valence-electron chi connectivity index (χ0n) is 11.4. The maximum absolute atomic E-state index is 12.6. The molecule has 1 aromatic carbocycles. The number of methoxy groups -OCH3 is 1. The van der Waals surface area contributed by atoms with Crippen LogP contribution in [-0.4, -0.2) is 12.9 Å². The van der Waals surface area contributed by atoms with Gasteiger partial charge in [-0.2, -0.15) is 0 Å². The van der Waals surface area contributed by atoms with Crippen LogP contribution in [-0.2, 0) is 0 Å². The average Bonchev–Trinajstić information content (AvgIpc) is 2.65. The van der Waals surface area contributed by atoms with Gasteiger partial charge < -0.3 is 4.74 Å². The van der Waals surface area contributed by atoms with Gasteiger partial charge in [0.2, 0.25) is 0 Å². The molecule has 0 aliphatic heterocycles. The zero-order valence-corrected chi connectivity index (χ0v) is 11.4. The van der Waals surface area contributed by atoms with E-state index in [4.69, 9.17) is 4.74 Å². The quantitative estimate of drug-likeness (QED) is 0.751. The SMILES string of the molecule is COc1c(C)cc(C)c2c1C(=O)C1CCCCC21. The minimum atomic E-state index is 0.225. The fraction of sp³-hybridized carbons (Fsp3) is 0.562. The lowest BCUT2D eigenvalue weighted by Crippen LogP contribution is -2.17. The Labute approximate surface area is 108 Å². The molecule has 0 heterocycles. The van der Waals surface area contributed by atoms with E-state index >= 15 is 0 Å². The number of Topliss-reactive ketones (excluding diaryl/α,β-unsaturated/α-hetero) is 1. The Morgan fingerprint density at radius 1 is 1.11 bits per heavy atom. The first-order valence-corrected chi connectivity index (χ1v) is 6.87. The first-order valence-electron chi connectivity index (χ1n) is 6.87. The summed E-state index contributed by atoms with van der Waals surface area (Å²) < 4.78 is 5.50. The van der Waals surface area contributed by atoms with Gasteiger partial charge in [-0.15, -0.1) is 0 Å². The number of carbonyl (C=O) groups excluding carboxylic acids is 1. The smallest absolute Gasteiger partial charge is 0.170 e. The molecular weight excluding hydrogens is 224 g/mol. The van der Waals surface area contributed by atoms with Crippen LogP contribution in [0.25, 0.3) is 0 Å². The molecule has 2 aliphatic carbocycles. The standard InChI is InChI=1S/C16H20O2/c1-9-8-10(2)16(18-3)14-13(9)11-6-4-5-7-12(11)15(14)17/h8,11-12H,4-7H2,1-3H3. The molecule has 96 valence electrons. The van der Waals surface area contributed by atoms with E-state index in [1.807, 2.05) is 6.92 Å². The van der Waals surface area contributed by atoms with Gasteiger partial charge in [-0.3, -0.25) is 4.79 Å². The monoisotopic (exact) mass is 244 g/mol. The average molecular weight is 244 g/mol. The van der Waals surface area contributed by atoms with Crippen LogP contribution in [0, 0.1) is 19.8 Å². The summed E-state index contributed by atoms with van der Waals surface area (Å²) in [5.41, 5.74) is 4.53. The van der Waals surface area contributed by atoms with Gasteiger partial charge in [-0.1, -0.05) is 18.9 Å². The van der Waals surface area contributed by atoms with Gasteiger partial charge >= 0.3 is 0 Å². The predicted octanol–water partition coefficient (Wildman–Crippen LogP) is 3.78. The maximum atomic E-state index is 12.6. The molecule has 2 nitrogen and oxygen atoms in total. The van der Waals surface area contributed by atoms with Crippen molar-refractivity contribution in [2.45, 2.75) is 45.4 Å². The third-order valence-corrected chi connectivity index (χ3v) is 4.64. The second kappa shape index (κ2) is 4.11. The van der Waals surface area contributed by atoms with Gasteiger partial charge in [-0.25, -0.2) is 0 Å². The summed E-state index contributed by atoms with van der Waals surface area (Å²) in [4.78, 5) is 12.6. The summed E-state index contributed by atoms with van der Waals surface area (Å²) in [5.74, 6) is 1.83. The first-order chi connectivity index (χ1) is 8.65. The number of hydrogen-bond donors (Lipinski definition) is 0. The van der Waals surface area contributed by atoms with Crippen LogP contribution in [0.15, 0.2) is 6.07 Å². The van der Waals surface area contributed by atoms with E-state index in [0.717, 1.165) is 29.7 Å². The molecule has 0 N–H and O–H groups in total. The Balaban J connectivity index is 2.24. The fourth-order valence-corrected chi connectivity index (χ4v) is 3.95. The van der Waals surface area contributed by atoms with E-state index in [2.05, 4.69) is 13.0 Å². The first kappa shape index (κ1) is 11.8. The van der Waals surface area contributed by atoms with Crippen molar-refractivity contribution in [2.75, 3.05) is 7.11 Å². The predicted molar refractivity (Wildman–Crippen MR) is 71.5 cm³/mol. The molecule has 0 spiro atoms. The third kappa shape index (κ3) is 1.44. The van der Waals surface area contributed by atoms with E-state index < -0.39 is 0 Å². The van der Waals surface area contributed by atoms with Crippen molar-refractivity contribution in [1.82, 2.24) is 0 Å². The lowest BCUT2D eigenvalue weighted by molar-refractivity contribution is 0.0895. The molecule has 0 bridgehead atoms. The summed E-state index contributed by atoms with van der Waals surface area (Å²) in [6.45, 7) is 4.16. The van der Waals surface area contributed by atoms with Gasteiger partial charge in [0, 0.05) is 5.92 Å². The van der Waals surface area contributed by atoms with Crippen molar-refractivity contribution in [2.24, 2.45) is 5.92 Å². The zero-order chi connectivity index (χ0) is 12.9. The second-order valence-electron chi connectivity index (χ2n) is 5.69. The Bertz CT molecular complexity index is 516. The van der Waals surface area contributed by atoms with Crippen LogP contribution >= 0.6 is 0 Å². The van der Waals surface area contributed by atoms with E-state index in [0.29, 0.717) is 11.7 Å². The minimum absolute atomic E-state index is 0.225. The summed E-state index contributed by atoms with van der Waals surface area (Å²) in [7, 11) is 1.67. The molecule has 2 aliphatic rings. The molecule has 2 unspecified atom stereocenters. The molecule has 1 aromatic rings. The van der Waals surface area contributed by atoms with Crippen molar-refractivity contribution >= 4 is 5.78 Å². The van der Waals surface area contributed by atoms with Gasteiger partial charge in [-0.05, 0) is 49.3 Å². The lowest BCUT2D eigenvalue weighted by atomic mass is 9.78. The number of benzene rings is 1. The highest BCUT2D eigenvalue weighted by Gasteiger charge is 2.43. The number of hydrogen-bond acceptors (Lipinski definition) is 2. The van der Waals surface area contributed by atoms with Gasteiger partial charge in [0.1, 0.15) is 5.75 Å². The van der Waals surface area contributed by atoms with Crippen molar-refractivity contribution < 1.29 is 9.53 Å². The fourth-order valence-electron chi connectivity index (χ4n) is 3.95. The molecular formula is C16H20O2. The molecule has 0 amide bonds. The number of fused-ring (bicyclic) bond motifs is 3. The van der Waals surface area contributed by atoms with Crippen molar-refractivity contribution in [3.05, 3.63) is 28.3 Å². The van der Waals surface area contributed by atoms with Crippen LogP contribution in [0.5, 0.6) is 5.75 Å². The Morgan fingerprint density at radius 3 is 2.44 bits per heavy atom. The van der Waals surface area contributed by atoms with Crippen LogP contribution in [0.1, 0.15) is 58.6 Å². The van der Waals surface area contributed by atoms with Crippen LogP contribution in [0.2, 0.25) is 0 Å². The van der Waals surface area contributed by atoms with E-state index in [-0.39, 0.29) is 5.92 Å². The molecule has 1 saturated carbocycles. The Morgan fingerprint density at radius 2 is 1.78 bits per heavy atom. The second-order valence-corrected chi connectivity index (χ2v) is 5.69. The number of aryl methyl sites for hydroxylation is 2. The number of rotatable bonds is 1. The highest BCUT2D eigenvalue weighted by molar-refractivity contribution is 6.06. The van der Waals surface area contributed by atoms with Crippen molar-refractivity contribution in [1.29, 1.82) is 0 Å². The highest BCUT2D eigenvalue weighted by atomic mass is 16.5. The van der Waals surface area contributed by atoms with E-state index in [1.54, 1.807) is 7.11 Å². The van der Waals surface area contributed by atoms with Gasteiger partial charge in [0.15, 0.2) is 5.78 Å². The molecule has 0 aromatic heterocycles. The van der Waals surface area contributed by atoms with E-state index in [9.17, 15) is 4.79 Å². The normalized spacial score (nSPS) is 25.8. The minimum Gasteiger partial charge on any atom is -0.496 e. The topological polar surface area (TPSA) is 26.3 Å². The Kier molecular flexibility index (Phi) is 2.69.